The van der Waals surface area contributed by atoms with E-state index in [4.69, 9.17) is 12.2 Å². The number of carbonyl (C=O) groups is 2. The van der Waals surface area contributed by atoms with Crippen molar-refractivity contribution in [3.63, 3.8) is 0 Å². The number of hydrogen-bond donors (Lipinski definition) is 0. The molecule has 0 aliphatic carbocycles. The molecule has 2 amide bonds. The lowest BCUT2D eigenvalue weighted by molar-refractivity contribution is -0.132. The van der Waals surface area contributed by atoms with Crippen molar-refractivity contribution in [2.75, 3.05) is 25.5 Å². The van der Waals surface area contributed by atoms with Gasteiger partial charge in [-0.25, -0.2) is 0 Å². The Balaban J connectivity index is 2.14. The van der Waals surface area contributed by atoms with Gasteiger partial charge in [-0.15, -0.1) is 0 Å². The first-order chi connectivity index (χ1) is 13.0. The molecule has 5 nitrogen and oxygen atoms in total. The third kappa shape index (κ3) is 3.05. The predicted molar refractivity (Wildman–Crippen MR) is 118 cm³/mol. The molecule has 1 saturated heterocycles. The molecule has 28 heavy (non-hydrogen) atoms. The highest BCUT2D eigenvalue weighted by Crippen LogP contribution is 2.40. The zero-order valence-corrected chi connectivity index (χ0v) is 18.4. The van der Waals surface area contributed by atoms with Crippen LogP contribution >= 0.6 is 12.2 Å². The Kier molecular flexibility index (Phi) is 4.96. The van der Waals surface area contributed by atoms with Gasteiger partial charge in [0.15, 0.2) is 5.11 Å². The highest BCUT2D eigenvalue weighted by molar-refractivity contribution is 7.80. The summed E-state index contributed by atoms with van der Waals surface area (Å²) in [6, 6.07) is 4.23. The van der Waals surface area contributed by atoms with Crippen molar-refractivity contribution in [2.24, 2.45) is 0 Å². The Morgan fingerprint density at radius 2 is 1.64 bits per heavy atom. The maximum atomic E-state index is 12.6. The summed E-state index contributed by atoms with van der Waals surface area (Å²) in [6.45, 7) is 11.6. The molecule has 2 heterocycles. The molecule has 0 spiro atoms. The quantitative estimate of drug-likeness (QED) is 0.434. The Morgan fingerprint density at radius 3 is 2.18 bits per heavy atom. The summed E-state index contributed by atoms with van der Waals surface area (Å²) < 4.78 is 0. The number of allylic oxidation sites excluding steroid dienone is 1. The van der Waals surface area contributed by atoms with Gasteiger partial charge in [0.1, 0.15) is 5.57 Å². The third-order valence-electron chi connectivity index (χ3n) is 5.63. The second-order valence-electron chi connectivity index (χ2n) is 8.02. The van der Waals surface area contributed by atoms with Crippen molar-refractivity contribution in [1.82, 2.24) is 9.80 Å². The SMILES string of the molecule is CCN1c2cc(C)c(C=C3C(=O)N(C)C(=S)N(C)C3=O)cc2C(C)=CC1(C)C. The Morgan fingerprint density at radius 1 is 1.07 bits per heavy atom. The minimum Gasteiger partial charge on any atom is -0.363 e. The molecule has 6 heteroatoms. The summed E-state index contributed by atoms with van der Waals surface area (Å²) in [5, 5.41) is 0.217. The first-order valence-corrected chi connectivity index (χ1v) is 9.84. The zero-order chi connectivity index (χ0) is 21.0. The second kappa shape index (κ2) is 6.85. The maximum absolute atomic E-state index is 12.6. The molecule has 1 aromatic rings. The molecule has 0 unspecified atom stereocenters. The number of fused-ring (bicyclic) bond motifs is 1. The van der Waals surface area contributed by atoms with Gasteiger partial charge in [0.2, 0.25) is 0 Å². The van der Waals surface area contributed by atoms with Crippen LogP contribution in [0.1, 0.15) is 44.4 Å². The van der Waals surface area contributed by atoms with Crippen molar-refractivity contribution >= 4 is 46.5 Å². The molecule has 1 aromatic carbocycles. The molecule has 2 aliphatic rings. The fourth-order valence-electron chi connectivity index (χ4n) is 4.11. The topological polar surface area (TPSA) is 43.9 Å². The fourth-order valence-corrected chi connectivity index (χ4v) is 4.27. The average molecular weight is 398 g/mol. The van der Waals surface area contributed by atoms with Crippen molar-refractivity contribution in [3.8, 4) is 0 Å². The highest BCUT2D eigenvalue weighted by Gasteiger charge is 2.36. The molecular weight excluding hydrogens is 370 g/mol. The maximum Gasteiger partial charge on any atom is 0.265 e. The zero-order valence-electron chi connectivity index (χ0n) is 17.6. The molecule has 148 valence electrons. The van der Waals surface area contributed by atoms with Crippen LogP contribution in [0.15, 0.2) is 23.8 Å². The van der Waals surface area contributed by atoms with E-state index in [0.29, 0.717) is 0 Å². The molecule has 0 aromatic heterocycles. The van der Waals surface area contributed by atoms with Gasteiger partial charge in [-0.2, -0.15) is 0 Å². The van der Waals surface area contributed by atoms with E-state index >= 15 is 0 Å². The van der Waals surface area contributed by atoms with Gasteiger partial charge < -0.3 is 4.90 Å². The van der Waals surface area contributed by atoms with Gasteiger partial charge in [0.25, 0.3) is 11.8 Å². The summed E-state index contributed by atoms with van der Waals surface area (Å²) in [5.41, 5.74) is 5.47. The Labute approximate surface area is 172 Å². The molecule has 1 fully saturated rings. The minimum atomic E-state index is -0.367. The van der Waals surface area contributed by atoms with Crippen molar-refractivity contribution in [2.45, 2.75) is 40.2 Å². The van der Waals surface area contributed by atoms with Crippen LogP contribution in [0.2, 0.25) is 0 Å². The molecule has 0 N–H and O–H groups in total. The summed E-state index contributed by atoms with van der Waals surface area (Å²) in [7, 11) is 3.19. The lowest BCUT2D eigenvalue weighted by Gasteiger charge is -2.43. The molecule has 0 atom stereocenters. The number of thiocarbonyl (C=S) groups is 1. The van der Waals surface area contributed by atoms with Crippen molar-refractivity contribution in [3.05, 3.63) is 40.5 Å². The largest absolute Gasteiger partial charge is 0.363 e. The lowest BCUT2D eigenvalue weighted by Crippen LogP contribution is -2.52. The highest BCUT2D eigenvalue weighted by atomic mass is 32.1. The number of likely N-dealkylation sites (N-methyl/N-ethyl adjacent to an activating group) is 3. The van der Waals surface area contributed by atoms with Gasteiger partial charge in [0, 0.05) is 31.9 Å². The summed E-state index contributed by atoms with van der Waals surface area (Å²) in [6.07, 6.45) is 3.96. The molecule has 2 aliphatic heterocycles. The molecule has 0 saturated carbocycles. The van der Waals surface area contributed by atoms with Crippen molar-refractivity contribution < 1.29 is 9.59 Å². The minimum absolute atomic E-state index is 0.0608. The van der Waals surface area contributed by atoms with E-state index in [9.17, 15) is 9.59 Å². The smallest absolute Gasteiger partial charge is 0.265 e. The van der Waals surface area contributed by atoms with Crippen LogP contribution in [0.25, 0.3) is 11.6 Å². The number of nitrogens with zero attached hydrogens (tertiary/aromatic N) is 3. The fraction of sp³-hybridized carbons (Fsp3) is 0.409. The first kappa shape index (κ1) is 20.3. The third-order valence-corrected chi connectivity index (χ3v) is 6.17. The van der Waals surface area contributed by atoms with Crippen LogP contribution in [0.5, 0.6) is 0 Å². The van der Waals surface area contributed by atoms with Crippen LogP contribution in [0.3, 0.4) is 0 Å². The number of carbonyl (C=O) groups excluding carboxylic acids is 2. The molecule has 0 bridgehead atoms. The lowest BCUT2D eigenvalue weighted by atomic mass is 9.86. The van der Waals surface area contributed by atoms with Crippen LogP contribution in [0.4, 0.5) is 5.69 Å². The van der Waals surface area contributed by atoms with Crippen LogP contribution in [0, 0.1) is 6.92 Å². The van der Waals surface area contributed by atoms with E-state index in [-0.39, 0.29) is 28.0 Å². The normalized spacial score (nSPS) is 19.1. The van der Waals surface area contributed by atoms with Gasteiger partial charge in [-0.3, -0.25) is 19.4 Å². The van der Waals surface area contributed by atoms with Crippen molar-refractivity contribution in [1.29, 1.82) is 0 Å². The standard InChI is InChI=1S/C22H27N3O2S/c1-8-25-18-9-13(2)15(10-16(18)14(3)12-22(25,4)5)11-17-19(26)23(6)21(28)24(7)20(17)27/h9-12H,8H2,1-7H3. The summed E-state index contributed by atoms with van der Waals surface area (Å²) >= 11 is 5.16. The number of benzene rings is 1. The van der Waals surface area contributed by atoms with Crippen LogP contribution in [-0.2, 0) is 9.59 Å². The van der Waals surface area contributed by atoms with Gasteiger partial charge in [-0.1, -0.05) is 6.08 Å². The van der Waals surface area contributed by atoms with Gasteiger partial charge >= 0.3 is 0 Å². The molecular formula is C22H27N3O2S. The van der Waals surface area contributed by atoms with Gasteiger partial charge in [-0.05, 0) is 81.7 Å². The van der Waals surface area contributed by atoms with E-state index < -0.39 is 0 Å². The Bertz CT molecular complexity index is 933. The van der Waals surface area contributed by atoms with E-state index in [1.54, 1.807) is 20.2 Å². The van der Waals surface area contributed by atoms with E-state index in [0.717, 1.165) is 23.2 Å². The molecule has 3 rings (SSSR count). The number of anilines is 1. The summed E-state index contributed by atoms with van der Waals surface area (Å²) in [5.74, 6) is -0.734. The average Bonchev–Trinajstić information content (AvgIpc) is 2.62. The summed E-state index contributed by atoms with van der Waals surface area (Å²) in [4.78, 5) is 30.3. The number of aryl methyl sites for hydroxylation is 1. The number of amides is 2. The number of rotatable bonds is 2. The Hall–Kier alpha value is -2.47. The monoisotopic (exact) mass is 397 g/mol. The van der Waals surface area contributed by atoms with Gasteiger partial charge in [0.05, 0.1) is 5.54 Å². The van der Waals surface area contributed by atoms with E-state index in [1.807, 2.05) is 6.92 Å². The van der Waals surface area contributed by atoms with E-state index in [2.05, 4.69) is 50.8 Å². The van der Waals surface area contributed by atoms with E-state index in [1.165, 1.54) is 21.1 Å². The predicted octanol–water partition coefficient (Wildman–Crippen LogP) is 3.62. The number of hydrogen-bond acceptors (Lipinski definition) is 4. The first-order valence-electron chi connectivity index (χ1n) is 9.43. The van der Waals surface area contributed by atoms with Crippen LogP contribution < -0.4 is 4.90 Å². The molecule has 0 radical (unpaired) electrons. The second-order valence-corrected chi connectivity index (χ2v) is 8.39. The van der Waals surface area contributed by atoms with Crippen LogP contribution in [-0.4, -0.2) is 52.9 Å².